The number of nitrogen functional groups attached to an aromatic ring is 2. The van der Waals surface area contributed by atoms with Gasteiger partial charge >= 0.3 is 6.03 Å². The summed E-state index contributed by atoms with van der Waals surface area (Å²) in [6.45, 7) is 1.39. The number of furan rings is 1. The van der Waals surface area contributed by atoms with Gasteiger partial charge in [0.1, 0.15) is 51.2 Å². The second-order valence-corrected chi connectivity index (χ2v) is 16.7. The van der Waals surface area contributed by atoms with Gasteiger partial charge in [0.15, 0.2) is 11.3 Å². The molecule has 2 fully saturated rings. The van der Waals surface area contributed by atoms with Crippen molar-refractivity contribution < 1.29 is 14.0 Å². The van der Waals surface area contributed by atoms with Gasteiger partial charge in [0.25, 0.3) is 5.56 Å². The van der Waals surface area contributed by atoms with Gasteiger partial charge in [-0.05, 0) is 74.9 Å². The molecule has 0 aromatic carbocycles. The molecule has 2 aliphatic rings. The summed E-state index contributed by atoms with van der Waals surface area (Å²) in [7, 11) is 3.56. The average molecular weight is 874 g/mol. The van der Waals surface area contributed by atoms with E-state index < -0.39 is 0 Å². The number of nitrogens with one attached hydrogen (secondary N) is 3. The van der Waals surface area contributed by atoms with Crippen molar-refractivity contribution in [2.45, 2.75) is 50.4 Å². The highest BCUT2D eigenvalue weighted by molar-refractivity contribution is 5.93. The number of carbonyl (C=O) groups is 2. The number of anilines is 3. The van der Waals surface area contributed by atoms with Crippen molar-refractivity contribution in [3.63, 3.8) is 0 Å². The van der Waals surface area contributed by atoms with E-state index in [9.17, 15) is 14.4 Å². The van der Waals surface area contributed by atoms with E-state index in [2.05, 4.69) is 35.2 Å². The molecule has 11 rings (SSSR count). The second-order valence-electron chi connectivity index (χ2n) is 16.7. The SMILES string of the molecule is CN(C)C(=O)N1CCC(c2nc(-c3cc4ncccc4o3)c3c(N)nccn23)CC1.Nc1nccn2c(C3CCC(C(=O)Nc4cccnc4)CC3)nc(-c3cc4c(=O)[nH]ccc4[nH]3)c12. The smallest absolute Gasteiger partial charge is 0.319 e. The number of amides is 3. The molecule has 0 spiro atoms. The minimum absolute atomic E-state index is 0.0295. The maximum Gasteiger partial charge on any atom is 0.319 e. The lowest BCUT2D eigenvalue weighted by molar-refractivity contribution is -0.120. The minimum Gasteiger partial charge on any atom is -0.453 e. The molecule has 1 aliphatic heterocycles. The summed E-state index contributed by atoms with van der Waals surface area (Å²) in [6, 6.07) is 12.9. The summed E-state index contributed by atoms with van der Waals surface area (Å²) in [5, 5.41) is 3.53. The van der Waals surface area contributed by atoms with Gasteiger partial charge in [-0.15, -0.1) is 0 Å². The van der Waals surface area contributed by atoms with E-state index in [1.807, 2.05) is 56.4 Å². The van der Waals surface area contributed by atoms with Gasteiger partial charge < -0.3 is 41.0 Å². The number of hydrogen-bond donors (Lipinski definition) is 5. The molecule has 0 radical (unpaired) electrons. The Hall–Kier alpha value is -8.09. The summed E-state index contributed by atoms with van der Waals surface area (Å²) >= 11 is 0. The Morgan fingerprint density at radius 2 is 1.49 bits per heavy atom. The van der Waals surface area contributed by atoms with Crippen molar-refractivity contribution in [3.8, 4) is 22.8 Å². The topological polar surface area (TPSA) is 253 Å². The molecule has 3 amide bonds. The normalized spacial score (nSPS) is 16.8. The molecule has 7 N–H and O–H groups in total. The van der Waals surface area contributed by atoms with Crippen LogP contribution in [0.1, 0.15) is 62.0 Å². The summed E-state index contributed by atoms with van der Waals surface area (Å²) in [5.74, 6) is 3.56. The lowest BCUT2D eigenvalue weighted by Gasteiger charge is -2.33. The van der Waals surface area contributed by atoms with Crippen molar-refractivity contribution in [2.75, 3.05) is 44.0 Å². The molecule has 19 heteroatoms. The maximum atomic E-state index is 12.8. The number of nitrogens with two attached hydrogens (primary N) is 2. The van der Waals surface area contributed by atoms with Crippen molar-refractivity contribution in [3.05, 3.63) is 114 Å². The number of fused-ring (bicyclic) bond motifs is 4. The first-order chi connectivity index (χ1) is 31.6. The molecule has 9 aromatic rings. The van der Waals surface area contributed by atoms with Crippen LogP contribution < -0.4 is 22.3 Å². The number of imidazole rings is 2. The van der Waals surface area contributed by atoms with Crippen LogP contribution in [0.4, 0.5) is 22.1 Å². The zero-order valence-corrected chi connectivity index (χ0v) is 35.8. The predicted molar refractivity (Wildman–Crippen MR) is 246 cm³/mol. The predicted octanol–water partition coefficient (Wildman–Crippen LogP) is 6.44. The minimum atomic E-state index is -0.164. The Morgan fingerprint density at radius 3 is 2.15 bits per heavy atom. The maximum absolute atomic E-state index is 12.8. The molecule has 9 aromatic heterocycles. The number of aromatic nitrogens is 10. The number of urea groups is 1. The third-order valence-corrected chi connectivity index (χ3v) is 12.5. The van der Waals surface area contributed by atoms with Crippen LogP contribution in [0.2, 0.25) is 0 Å². The number of carbonyl (C=O) groups excluding carboxylic acids is 2. The van der Waals surface area contributed by atoms with Gasteiger partial charge in [0.2, 0.25) is 5.91 Å². The zero-order valence-electron chi connectivity index (χ0n) is 35.8. The lowest BCUT2D eigenvalue weighted by Crippen LogP contribution is -2.43. The Balaban J connectivity index is 0.000000155. The van der Waals surface area contributed by atoms with Crippen LogP contribution in [0, 0.1) is 5.92 Å². The molecule has 1 saturated carbocycles. The van der Waals surface area contributed by atoms with Crippen molar-refractivity contribution >= 4 is 62.3 Å². The van der Waals surface area contributed by atoms with E-state index in [4.69, 9.17) is 25.9 Å². The summed E-state index contributed by atoms with van der Waals surface area (Å²) in [5.41, 5.74) is 18.8. The summed E-state index contributed by atoms with van der Waals surface area (Å²) in [4.78, 5) is 73.6. The number of rotatable bonds is 6. The number of pyridine rings is 3. The first-order valence-electron chi connectivity index (χ1n) is 21.6. The molecular formula is C46H47N15O4. The van der Waals surface area contributed by atoms with Crippen LogP contribution in [0.5, 0.6) is 0 Å². The molecular weight excluding hydrogens is 827 g/mol. The fourth-order valence-electron chi connectivity index (χ4n) is 9.20. The van der Waals surface area contributed by atoms with Gasteiger partial charge in [0.05, 0.1) is 28.5 Å². The number of hydrogen-bond acceptors (Lipinski definition) is 12. The third-order valence-electron chi connectivity index (χ3n) is 12.5. The monoisotopic (exact) mass is 873 g/mol. The third kappa shape index (κ3) is 7.74. The standard InChI is InChI=1S/C25H24N8O2.C21H23N7O2/c26-22-21-20(19-12-17-18(31-19)7-9-29-25(17)35)32-23(33(21)11-10-28-22)14-3-5-15(6-4-14)24(34)30-16-2-1-8-27-13-16;1-26(2)21(29)27-9-5-13(6-10-27)20-25-17(18-19(22)24-8-11-28(18)20)16-12-14-15(30-16)4-3-7-23-14/h1-2,7-15,31H,3-6H2,(H2,26,28)(H,29,35)(H,30,34);3-4,7-8,11-13H,5-6,9-10H2,1-2H3,(H2,22,24). The number of likely N-dealkylation sites (tertiary alicyclic amines) is 1. The number of piperidine rings is 1. The highest BCUT2D eigenvalue weighted by atomic mass is 16.3. The van der Waals surface area contributed by atoms with Crippen LogP contribution in [0.25, 0.3) is 55.9 Å². The van der Waals surface area contributed by atoms with Crippen molar-refractivity contribution in [2.24, 2.45) is 5.92 Å². The largest absolute Gasteiger partial charge is 0.453 e. The van der Waals surface area contributed by atoms with Gasteiger partial charge in [-0.2, -0.15) is 0 Å². The van der Waals surface area contributed by atoms with Crippen LogP contribution in [0.3, 0.4) is 0 Å². The molecule has 10 heterocycles. The molecule has 1 saturated heterocycles. The fourth-order valence-corrected chi connectivity index (χ4v) is 9.20. The Bertz CT molecular complexity index is 3230. The molecule has 65 heavy (non-hydrogen) atoms. The Kier molecular flexibility index (Phi) is 10.6. The van der Waals surface area contributed by atoms with Crippen molar-refractivity contribution in [1.82, 2.24) is 58.5 Å². The van der Waals surface area contributed by atoms with Gasteiger partial charge in [-0.3, -0.25) is 28.4 Å². The van der Waals surface area contributed by atoms with Gasteiger partial charge in [-0.25, -0.2) is 24.7 Å². The van der Waals surface area contributed by atoms with Crippen LogP contribution in [0.15, 0.2) is 101 Å². The van der Waals surface area contributed by atoms with Crippen LogP contribution >= 0.6 is 0 Å². The van der Waals surface area contributed by atoms with Crippen LogP contribution in [-0.2, 0) is 4.79 Å². The zero-order chi connectivity index (χ0) is 44.8. The fraction of sp³-hybridized carbons (Fsp3) is 0.283. The van der Waals surface area contributed by atoms with E-state index in [0.717, 1.165) is 66.7 Å². The highest BCUT2D eigenvalue weighted by Gasteiger charge is 2.32. The van der Waals surface area contributed by atoms with Gasteiger partial charge in [0, 0.05) is 94.4 Å². The van der Waals surface area contributed by atoms with Gasteiger partial charge in [-0.1, -0.05) is 0 Å². The lowest BCUT2D eigenvalue weighted by atomic mass is 9.81. The van der Waals surface area contributed by atoms with Crippen LogP contribution in [-0.4, -0.2) is 97.6 Å². The number of aromatic amines is 2. The molecule has 0 bridgehead atoms. The molecule has 19 nitrogen and oxygen atoms in total. The molecule has 0 atom stereocenters. The Morgan fingerprint density at radius 1 is 0.815 bits per heavy atom. The van der Waals surface area contributed by atoms with E-state index in [1.165, 1.54) is 0 Å². The van der Waals surface area contributed by atoms with E-state index in [1.54, 1.807) is 68.3 Å². The first-order valence-corrected chi connectivity index (χ1v) is 21.6. The summed E-state index contributed by atoms with van der Waals surface area (Å²) < 4.78 is 10.0. The number of nitrogens with zero attached hydrogens (tertiary/aromatic N) is 10. The quantitative estimate of drug-likeness (QED) is 0.121. The number of H-pyrrole nitrogens is 2. The second kappa shape index (κ2) is 16.9. The molecule has 330 valence electrons. The van der Waals surface area contributed by atoms with E-state index in [-0.39, 0.29) is 35.3 Å². The molecule has 1 aliphatic carbocycles. The Labute approximate surface area is 371 Å². The average Bonchev–Trinajstić information content (AvgIpc) is 4.13. The molecule has 0 unspecified atom stereocenters. The first kappa shape index (κ1) is 41.0. The van der Waals surface area contributed by atoms with Crippen molar-refractivity contribution in [1.29, 1.82) is 0 Å². The summed E-state index contributed by atoms with van der Waals surface area (Å²) in [6.07, 6.45) is 18.6. The van der Waals surface area contributed by atoms with E-state index in [0.29, 0.717) is 69.7 Å². The highest BCUT2D eigenvalue weighted by Crippen LogP contribution is 2.40. The van der Waals surface area contributed by atoms with E-state index >= 15 is 0 Å².